The van der Waals surface area contributed by atoms with Crippen molar-refractivity contribution >= 4 is 22.4 Å². The third kappa shape index (κ3) is 3.92. The summed E-state index contributed by atoms with van der Waals surface area (Å²) < 4.78 is 11.8. The van der Waals surface area contributed by atoms with Crippen molar-refractivity contribution in [1.29, 1.82) is 0 Å². The van der Waals surface area contributed by atoms with Crippen molar-refractivity contribution in [3.8, 4) is 0 Å². The number of rotatable bonds is 5. The summed E-state index contributed by atoms with van der Waals surface area (Å²) in [5.74, 6) is -0.226. The highest BCUT2D eigenvalue weighted by atomic mass is 32.2. The summed E-state index contributed by atoms with van der Waals surface area (Å²) >= 11 is 0. The summed E-state index contributed by atoms with van der Waals surface area (Å²) in [6, 6.07) is 7.35. The first-order chi connectivity index (χ1) is 8.45. The predicted octanol–water partition coefficient (Wildman–Crippen LogP) is 1.63. The maximum Gasteiger partial charge on any atom is 0.239 e. The van der Waals surface area contributed by atoms with Crippen molar-refractivity contribution in [3.05, 3.63) is 29.8 Å². The average Bonchev–Trinajstić information content (AvgIpc) is 2.36. The molecule has 3 N–H and O–H groups in total. The SMILES string of the molecule is CC(C)S(=O)C(C)C(=O)Nc1cccc(CN)c1. The number of hydrogen-bond acceptors (Lipinski definition) is 3. The summed E-state index contributed by atoms with van der Waals surface area (Å²) in [5.41, 5.74) is 7.18. The molecule has 0 bridgehead atoms. The van der Waals surface area contributed by atoms with Gasteiger partial charge in [0, 0.05) is 28.3 Å². The zero-order valence-corrected chi connectivity index (χ0v) is 11.8. The van der Waals surface area contributed by atoms with E-state index in [9.17, 15) is 9.00 Å². The number of benzene rings is 1. The number of nitrogens with two attached hydrogens (primary N) is 1. The van der Waals surface area contributed by atoms with E-state index in [4.69, 9.17) is 5.73 Å². The highest BCUT2D eigenvalue weighted by Crippen LogP contribution is 2.12. The van der Waals surface area contributed by atoms with Gasteiger partial charge in [-0.05, 0) is 24.6 Å². The van der Waals surface area contributed by atoms with E-state index in [1.165, 1.54) is 0 Å². The second-order valence-corrected chi connectivity index (χ2v) is 6.72. The molecule has 0 spiro atoms. The minimum atomic E-state index is -1.16. The Morgan fingerprint density at radius 3 is 2.61 bits per heavy atom. The van der Waals surface area contributed by atoms with Gasteiger partial charge in [0.05, 0.1) is 0 Å². The molecule has 100 valence electrons. The van der Waals surface area contributed by atoms with Crippen LogP contribution < -0.4 is 11.1 Å². The molecule has 0 radical (unpaired) electrons. The Kier molecular flexibility index (Phi) is 5.50. The van der Waals surface area contributed by atoms with E-state index in [0.29, 0.717) is 12.2 Å². The molecule has 1 rings (SSSR count). The molecule has 0 aliphatic carbocycles. The minimum absolute atomic E-state index is 0.0267. The fourth-order valence-electron chi connectivity index (χ4n) is 1.53. The number of carbonyl (C=O) groups excluding carboxylic acids is 1. The largest absolute Gasteiger partial charge is 0.326 e. The fourth-order valence-corrected chi connectivity index (χ4v) is 2.62. The minimum Gasteiger partial charge on any atom is -0.326 e. The zero-order valence-electron chi connectivity index (χ0n) is 11.0. The van der Waals surface area contributed by atoms with Crippen LogP contribution in [0.15, 0.2) is 24.3 Å². The predicted molar refractivity (Wildman–Crippen MR) is 75.7 cm³/mol. The van der Waals surface area contributed by atoms with Crippen molar-refractivity contribution < 1.29 is 9.00 Å². The highest BCUT2D eigenvalue weighted by molar-refractivity contribution is 7.87. The smallest absolute Gasteiger partial charge is 0.239 e. The lowest BCUT2D eigenvalue weighted by Gasteiger charge is -2.14. The van der Waals surface area contributed by atoms with Crippen molar-refractivity contribution in [2.75, 3.05) is 5.32 Å². The van der Waals surface area contributed by atoms with Crippen LogP contribution in [0.25, 0.3) is 0 Å². The van der Waals surface area contributed by atoms with Gasteiger partial charge in [-0.15, -0.1) is 0 Å². The molecule has 18 heavy (non-hydrogen) atoms. The fraction of sp³-hybridized carbons (Fsp3) is 0.462. The lowest BCUT2D eigenvalue weighted by molar-refractivity contribution is -0.115. The van der Waals surface area contributed by atoms with Crippen LogP contribution in [0.4, 0.5) is 5.69 Å². The number of anilines is 1. The second kappa shape index (κ2) is 6.66. The van der Waals surface area contributed by atoms with Crippen LogP contribution in [0.3, 0.4) is 0 Å². The molecule has 1 aromatic rings. The van der Waals surface area contributed by atoms with Gasteiger partial charge in [-0.3, -0.25) is 9.00 Å². The molecule has 0 fully saturated rings. The van der Waals surface area contributed by atoms with Gasteiger partial charge in [0.2, 0.25) is 5.91 Å². The summed E-state index contributed by atoms with van der Waals surface area (Å²) in [4.78, 5) is 11.9. The molecule has 1 aromatic carbocycles. The van der Waals surface area contributed by atoms with Crippen LogP contribution in [0.5, 0.6) is 0 Å². The maximum absolute atomic E-state index is 11.9. The topological polar surface area (TPSA) is 72.2 Å². The molecule has 0 aromatic heterocycles. The van der Waals surface area contributed by atoms with E-state index in [0.717, 1.165) is 5.56 Å². The van der Waals surface area contributed by atoms with Crippen molar-refractivity contribution in [2.24, 2.45) is 5.73 Å². The average molecular weight is 268 g/mol. The third-order valence-corrected chi connectivity index (χ3v) is 4.45. The van der Waals surface area contributed by atoms with E-state index in [-0.39, 0.29) is 11.2 Å². The van der Waals surface area contributed by atoms with E-state index < -0.39 is 16.0 Å². The van der Waals surface area contributed by atoms with Gasteiger partial charge in [0.25, 0.3) is 0 Å². The van der Waals surface area contributed by atoms with Crippen LogP contribution in [0, 0.1) is 0 Å². The Bertz CT molecular complexity index is 446. The number of nitrogens with one attached hydrogen (secondary N) is 1. The summed E-state index contributed by atoms with van der Waals surface area (Å²) in [6.07, 6.45) is 0. The quantitative estimate of drug-likeness (QED) is 0.852. The van der Waals surface area contributed by atoms with Gasteiger partial charge >= 0.3 is 0 Å². The third-order valence-electron chi connectivity index (χ3n) is 2.61. The molecular weight excluding hydrogens is 248 g/mol. The standard InChI is InChI=1S/C13H20N2O2S/c1-9(2)18(17)10(3)13(16)15-12-6-4-5-11(7-12)8-14/h4-7,9-10H,8,14H2,1-3H3,(H,15,16). The molecular formula is C13H20N2O2S. The van der Waals surface area contributed by atoms with Crippen molar-refractivity contribution in [2.45, 2.75) is 37.8 Å². The lowest BCUT2D eigenvalue weighted by atomic mass is 10.2. The van der Waals surface area contributed by atoms with Gasteiger partial charge in [-0.2, -0.15) is 0 Å². The van der Waals surface area contributed by atoms with E-state index in [1.54, 1.807) is 13.0 Å². The van der Waals surface area contributed by atoms with Crippen LogP contribution in [-0.4, -0.2) is 20.6 Å². The molecule has 0 heterocycles. The molecule has 5 heteroatoms. The van der Waals surface area contributed by atoms with Crippen LogP contribution in [0.1, 0.15) is 26.3 Å². The first-order valence-electron chi connectivity index (χ1n) is 5.95. The Labute approximate surface area is 110 Å². The summed E-state index contributed by atoms with van der Waals surface area (Å²) in [7, 11) is -1.16. The Morgan fingerprint density at radius 1 is 1.39 bits per heavy atom. The van der Waals surface area contributed by atoms with Gasteiger partial charge in [0.1, 0.15) is 5.25 Å². The number of carbonyl (C=O) groups is 1. The summed E-state index contributed by atoms with van der Waals surface area (Å²) in [5, 5.41) is 2.22. The maximum atomic E-state index is 11.9. The molecule has 0 aliphatic heterocycles. The van der Waals surface area contributed by atoms with Crippen LogP contribution in [0.2, 0.25) is 0 Å². The highest BCUT2D eigenvalue weighted by Gasteiger charge is 2.22. The number of hydrogen-bond donors (Lipinski definition) is 2. The van der Waals surface area contributed by atoms with Gasteiger partial charge in [-0.25, -0.2) is 0 Å². The van der Waals surface area contributed by atoms with E-state index >= 15 is 0 Å². The normalized spacial score (nSPS) is 14.3. The first kappa shape index (κ1) is 14.9. The first-order valence-corrected chi connectivity index (χ1v) is 7.22. The molecule has 0 saturated heterocycles. The monoisotopic (exact) mass is 268 g/mol. The molecule has 2 atom stereocenters. The molecule has 0 saturated carbocycles. The lowest BCUT2D eigenvalue weighted by Crippen LogP contribution is -2.32. The summed E-state index contributed by atoms with van der Waals surface area (Å²) in [6.45, 7) is 5.79. The van der Waals surface area contributed by atoms with E-state index in [1.807, 2.05) is 32.0 Å². The molecule has 2 unspecified atom stereocenters. The molecule has 0 aliphatic rings. The molecule has 1 amide bonds. The second-order valence-electron chi connectivity index (χ2n) is 4.41. The van der Waals surface area contributed by atoms with Gasteiger partial charge in [0.15, 0.2) is 0 Å². The van der Waals surface area contributed by atoms with Crippen molar-refractivity contribution in [1.82, 2.24) is 0 Å². The van der Waals surface area contributed by atoms with Gasteiger partial charge < -0.3 is 11.1 Å². The number of amides is 1. The van der Waals surface area contributed by atoms with E-state index in [2.05, 4.69) is 5.32 Å². The van der Waals surface area contributed by atoms with Crippen LogP contribution >= 0.6 is 0 Å². The van der Waals surface area contributed by atoms with Crippen LogP contribution in [-0.2, 0) is 22.1 Å². The Hall–Kier alpha value is -1.20. The molecule has 4 nitrogen and oxygen atoms in total. The zero-order chi connectivity index (χ0) is 13.7. The Morgan fingerprint density at radius 2 is 2.06 bits per heavy atom. The Balaban J connectivity index is 2.72. The van der Waals surface area contributed by atoms with Gasteiger partial charge in [-0.1, -0.05) is 26.0 Å². The van der Waals surface area contributed by atoms with Crippen molar-refractivity contribution in [3.63, 3.8) is 0 Å².